The number of hydrogen-bond donors (Lipinski definition) is 2. The summed E-state index contributed by atoms with van der Waals surface area (Å²) in [6.07, 6.45) is 0.869. The summed E-state index contributed by atoms with van der Waals surface area (Å²) < 4.78 is 45.4. The number of ether oxygens (including phenoxy) is 1. The second-order valence-electron chi connectivity index (χ2n) is 7.60. The Morgan fingerprint density at radius 3 is 2.50 bits per heavy atom. The van der Waals surface area contributed by atoms with E-state index in [2.05, 4.69) is 0 Å². The smallest absolute Gasteiger partial charge is 0.307 e. The average molecular weight is 458 g/mol. The lowest BCUT2D eigenvalue weighted by molar-refractivity contribution is -0.136. The molecule has 1 atom stereocenters. The topological polar surface area (TPSA) is 107 Å². The molecule has 32 heavy (non-hydrogen) atoms. The van der Waals surface area contributed by atoms with Gasteiger partial charge in [0.1, 0.15) is 18.2 Å². The summed E-state index contributed by atoms with van der Waals surface area (Å²) in [5, 5.41) is 9.09. The monoisotopic (exact) mass is 457 g/mol. The number of para-hydroxylation sites is 1. The molecule has 0 aromatic heterocycles. The predicted molar refractivity (Wildman–Crippen MR) is 120 cm³/mol. The van der Waals surface area contributed by atoms with Gasteiger partial charge in [-0.25, -0.2) is 12.8 Å². The molecule has 0 amide bonds. The van der Waals surface area contributed by atoms with Crippen molar-refractivity contribution in [1.82, 2.24) is 0 Å². The van der Waals surface area contributed by atoms with Gasteiger partial charge in [0.05, 0.1) is 11.3 Å². The summed E-state index contributed by atoms with van der Waals surface area (Å²) in [7, 11) is -3.58. The largest absolute Gasteiger partial charge is 0.489 e. The lowest BCUT2D eigenvalue weighted by Gasteiger charge is -2.15. The lowest BCUT2D eigenvalue weighted by atomic mass is 9.98. The second-order valence-corrected chi connectivity index (χ2v) is 9.62. The Morgan fingerprint density at radius 1 is 1.12 bits per heavy atom. The van der Waals surface area contributed by atoms with Crippen molar-refractivity contribution in [2.75, 3.05) is 6.26 Å². The molecule has 0 aliphatic carbocycles. The molecule has 0 fully saturated rings. The molecule has 0 unspecified atom stereocenters. The first-order valence-electron chi connectivity index (χ1n) is 9.87. The molecule has 3 rings (SSSR count). The average Bonchev–Trinajstić information content (AvgIpc) is 2.72. The van der Waals surface area contributed by atoms with E-state index in [9.17, 15) is 13.2 Å². The zero-order valence-corrected chi connectivity index (χ0v) is 18.5. The normalized spacial score (nSPS) is 12.4. The SMILES string of the molecule is C[C@H](N)c1cccc(-c2cc(COc3ccccc3CC(=O)O)cc(S(C)(=O)=O)c2)c1F. The number of carboxylic acid groups (broad SMARTS) is 1. The highest BCUT2D eigenvalue weighted by molar-refractivity contribution is 7.90. The molecule has 0 bridgehead atoms. The molecule has 6 nitrogen and oxygen atoms in total. The Hall–Kier alpha value is -3.23. The molecule has 0 spiro atoms. The van der Waals surface area contributed by atoms with Crippen LogP contribution >= 0.6 is 0 Å². The van der Waals surface area contributed by atoms with Crippen LogP contribution in [0, 0.1) is 5.82 Å². The fourth-order valence-electron chi connectivity index (χ4n) is 3.35. The van der Waals surface area contributed by atoms with E-state index < -0.39 is 27.7 Å². The van der Waals surface area contributed by atoms with Crippen molar-refractivity contribution in [3.63, 3.8) is 0 Å². The maximum atomic E-state index is 15.1. The Balaban J connectivity index is 2.02. The molecule has 168 valence electrons. The highest BCUT2D eigenvalue weighted by Crippen LogP contribution is 2.31. The molecule has 0 saturated heterocycles. The number of rotatable bonds is 8. The van der Waals surface area contributed by atoms with Crippen LogP contribution in [0.2, 0.25) is 0 Å². The van der Waals surface area contributed by atoms with E-state index in [0.717, 1.165) is 6.26 Å². The Labute approximate surface area is 186 Å². The van der Waals surface area contributed by atoms with E-state index in [1.165, 1.54) is 12.1 Å². The number of aliphatic carboxylic acids is 1. The number of carboxylic acids is 1. The minimum Gasteiger partial charge on any atom is -0.489 e. The van der Waals surface area contributed by atoms with Gasteiger partial charge in [0.2, 0.25) is 0 Å². The zero-order valence-electron chi connectivity index (χ0n) is 17.7. The van der Waals surface area contributed by atoms with Gasteiger partial charge in [-0.1, -0.05) is 36.4 Å². The predicted octanol–water partition coefficient (Wildman–Crippen LogP) is 4.12. The molecule has 0 heterocycles. The van der Waals surface area contributed by atoms with Crippen molar-refractivity contribution >= 4 is 15.8 Å². The number of sulfone groups is 1. The van der Waals surface area contributed by atoms with E-state index >= 15 is 4.39 Å². The standard InChI is InChI=1S/C24H24FNO5S/c1-15(26)20-7-5-8-21(24(20)25)18-10-16(11-19(12-18)32(2,29)30)14-31-22-9-4-3-6-17(22)13-23(27)28/h3-12,15H,13-14,26H2,1-2H3,(H,27,28)/t15-/m0/s1. The van der Waals surface area contributed by atoms with Crippen LogP contribution in [0.1, 0.15) is 29.7 Å². The number of halogens is 1. The van der Waals surface area contributed by atoms with E-state index in [-0.39, 0.29) is 23.5 Å². The first-order valence-corrected chi connectivity index (χ1v) is 11.8. The Bertz CT molecular complexity index is 1250. The van der Waals surface area contributed by atoms with Gasteiger partial charge in [0.25, 0.3) is 0 Å². The molecule has 3 aromatic rings. The second kappa shape index (κ2) is 9.50. The van der Waals surface area contributed by atoms with Crippen LogP contribution < -0.4 is 10.5 Å². The molecular weight excluding hydrogens is 433 g/mol. The van der Waals surface area contributed by atoms with Crippen molar-refractivity contribution < 1.29 is 27.4 Å². The van der Waals surface area contributed by atoms with Crippen molar-refractivity contribution in [1.29, 1.82) is 0 Å². The minimum atomic E-state index is -3.58. The Morgan fingerprint density at radius 2 is 1.84 bits per heavy atom. The first-order chi connectivity index (χ1) is 15.1. The van der Waals surface area contributed by atoms with Crippen molar-refractivity contribution in [3.8, 4) is 16.9 Å². The summed E-state index contributed by atoms with van der Waals surface area (Å²) in [6.45, 7) is 1.64. The van der Waals surface area contributed by atoms with Crippen LogP contribution in [0.5, 0.6) is 5.75 Å². The first kappa shape index (κ1) is 23.4. The maximum absolute atomic E-state index is 15.1. The van der Waals surface area contributed by atoms with Gasteiger partial charge in [0.15, 0.2) is 9.84 Å². The quantitative estimate of drug-likeness (QED) is 0.527. The molecule has 8 heteroatoms. The highest BCUT2D eigenvalue weighted by atomic mass is 32.2. The lowest BCUT2D eigenvalue weighted by Crippen LogP contribution is -2.08. The molecule has 0 radical (unpaired) electrons. The van der Waals surface area contributed by atoms with Crippen molar-refractivity contribution in [2.24, 2.45) is 5.73 Å². The Kier molecular flexibility index (Phi) is 6.96. The van der Waals surface area contributed by atoms with E-state index in [4.69, 9.17) is 15.6 Å². The van der Waals surface area contributed by atoms with E-state index in [1.54, 1.807) is 55.5 Å². The maximum Gasteiger partial charge on any atom is 0.307 e. The van der Waals surface area contributed by atoms with Crippen molar-refractivity contribution in [3.05, 3.63) is 83.2 Å². The van der Waals surface area contributed by atoms with Crippen molar-refractivity contribution in [2.45, 2.75) is 30.9 Å². The van der Waals surface area contributed by atoms with Crippen LogP contribution in [0.15, 0.2) is 65.6 Å². The molecular formula is C24H24FNO5S. The van der Waals surface area contributed by atoms with Crippen LogP contribution in [0.25, 0.3) is 11.1 Å². The summed E-state index contributed by atoms with van der Waals surface area (Å²) in [6, 6.07) is 15.6. The molecule has 3 aromatic carbocycles. The zero-order chi connectivity index (χ0) is 23.5. The van der Waals surface area contributed by atoms with E-state index in [0.29, 0.717) is 28.0 Å². The van der Waals surface area contributed by atoms with Gasteiger partial charge in [-0.05, 0) is 42.3 Å². The minimum absolute atomic E-state index is 0.0259. The third-order valence-corrected chi connectivity index (χ3v) is 6.03. The third kappa shape index (κ3) is 5.52. The van der Waals surface area contributed by atoms with Gasteiger partial charge in [-0.15, -0.1) is 0 Å². The fraction of sp³-hybridized carbons (Fsp3) is 0.208. The molecule has 0 aliphatic heterocycles. The summed E-state index contributed by atoms with van der Waals surface area (Å²) in [4.78, 5) is 11.1. The number of benzene rings is 3. The highest BCUT2D eigenvalue weighted by Gasteiger charge is 2.17. The van der Waals surface area contributed by atoms with Gasteiger partial charge < -0.3 is 15.6 Å². The molecule has 0 aliphatic rings. The van der Waals surface area contributed by atoms with Gasteiger partial charge in [-0.3, -0.25) is 4.79 Å². The van der Waals surface area contributed by atoms with Crippen LogP contribution in [-0.2, 0) is 27.7 Å². The van der Waals surface area contributed by atoms with E-state index in [1.807, 2.05) is 0 Å². The van der Waals surface area contributed by atoms with Gasteiger partial charge in [0, 0.05) is 29.0 Å². The van der Waals surface area contributed by atoms with Gasteiger partial charge >= 0.3 is 5.97 Å². The summed E-state index contributed by atoms with van der Waals surface area (Å²) in [5.74, 6) is -1.12. The fourth-order valence-corrected chi connectivity index (χ4v) is 4.06. The molecule has 0 saturated carbocycles. The third-order valence-electron chi connectivity index (χ3n) is 4.93. The van der Waals surface area contributed by atoms with Crippen LogP contribution in [0.3, 0.4) is 0 Å². The summed E-state index contributed by atoms with van der Waals surface area (Å²) in [5.41, 5.74) is 7.79. The summed E-state index contributed by atoms with van der Waals surface area (Å²) >= 11 is 0. The van der Waals surface area contributed by atoms with Gasteiger partial charge in [-0.2, -0.15) is 0 Å². The van der Waals surface area contributed by atoms with Crippen LogP contribution in [0.4, 0.5) is 4.39 Å². The number of hydrogen-bond acceptors (Lipinski definition) is 5. The number of carbonyl (C=O) groups is 1. The number of nitrogens with two attached hydrogens (primary N) is 1. The van der Waals surface area contributed by atoms with Crippen LogP contribution in [-0.4, -0.2) is 25.7 Å². The molecule has 3 N–H and O–H groups in total.